The van der Waals surface area contributed by atoms with Gasteiger partial charge in [-0.1, -0.05) is 44.2 Å². The first-order valence-corrected chi connectivity index (χ1v) is 10.5. The zero-order chi connectivity index (χ0) is 21.6. The van der Waals surface area contributed by atoms with Crippen molar-refractivity contribution in [3.8, 4) is 5.75 Å². The van der Waals surface area contributed by atoms with E-state index in [4.69, 9.17) is 9.88 Å². The summed E-state index contributed by atoms with van der Waals surface area (Å²) in [5.74, 6) is -0.871. The summed E-state index contributed by atoms with van der Waals surface area (Å²) in [6.07, 6.45) is 0.148. The predicted octanol–water partition coefficient (Wildman–Crippen LogP) is 1.66. The molecule has 29 heavy (non-hydrogen) atoms. The van der Waals surface area contributed by atoms with E-state index in [-0.39, 0.29) is 34.6 Å². The fourth-order valence-corrected chi connectivity index (χ4v) is 3.46. The van der Waals surface area contributed by atoms with Gasteiger partial charge in [-0.05, 0) is 29.7 Å². The van der Waals surface area contributed by atoms with Gasteiger partial charge in [0.05, 0.1) is 13.5 Å². The van der Waals surface area contributed by atoms with Crippen molar-refractivity contribution in [3.05, 3.63) is 54.1 Å². The Balaban J connectivity index is 2.14. The molecule has 4 N–H and O–H groups in total. The Morgan fingerprint density at radius 1 is 1.10 bits per heavy atom. The van der Waals surface area contributed by atoms with Gasteiger partial charge < -0.3 is 15.4 Å². The maximum atomic E-state index is 12.7. The maximum Gasteiger partial charge on any atom is 0.247 e. The molecule has 0 saturated carbocycles. The molecule has 2 rings (SSSR count). The van der Waals surface area contributed by atoms with Crippen LogP contribution < -0.4 is 20.5 Å². The number of nitrogens with one attached hydrogen (secondary N) is 2. The molecule has 2 amide bonds. The molecule has 0 saturated heterocycles. The summed E-state index contributed by atoms with van der Waals surface area (Å²) in [5.41, 5.74) is 1.06. The van der Waals surface area contributed by atoms with Crippen LogP contribution in [0, 0.1) is 5.92 Å². The molecule has 0 aromatic heterocycles. The first-order valence-electron chi connectivity index (χ1n) is 8.96. The van der Waals surface area contributed by atoms with Crippen molar-refractivity contribution in [2.45, 2.75) is 31.2 Å². The third kappa shape index (κ3) is 6.30. The average molecular weight is 420 g/mol. The number of anilines is 1. The number of methoxy groups -OCH3 is 1. The molecule has 0 heterocycles. The Morgan fingerprint density at radius 3 is 2.31 bits per heavy atom. The van der Waals surface area contributed by atoms with Gasteiger partial charge in [-0.25, -0.2) is 13.6 Å². The summed E-state index contributed by atoms with van der Waals surface area (Å²) in [4.78, 5) is 24.8. The normalized spacial score (nSPS) is 12.3. The van der Waals surface area contributed by atoms with Gasteiger partial charge in [0.1, 0.15) is 16.7 Å². The van der Waals surface area contributed by atoms with Crippen LogP contribution in [0.25, 0.3) is 0 Å². The topological polar surface area (TPSA) is 128 Å². The summed E-state index contributed by atoms with van der Waals surface area (Å²) < 4.78 is 28.5. The number of rotatable bonds is 8. The Hall–Kier alpha value is -2.91. The van der Waals surface area contributed by atoms with E-state index in [0.29, 0.717) is 0 Å². The molecule has 0 spiro atoms. The fourth-order valence-electron chi connectivity index (χ4n) is 2.74. The fraction of sp³-hybridized carbons (Fsp3) is 0.300. The number of carbonyl (C=O) groups excluding carboxylic acids is 2. The lowest BCUT2D eigenvalue weighted by Gasteiger charge is -2.22. The molecule has 9 heteroatoms. The lowest BCUT2D eigenvalue weighted by Crippen LogP contribution is -2.47. The average Bonchev–Trinajstić information content (AvgIpc) is 2.65. The van der Waals surface area contributed by atoms with Gasteiger partial charge in [-0.3, -0.25) is 9.59 Å². The van der Waals surface area contributed by atoms with Gasteiger partial charge in [-0.2, -0.15) is 0 Å². The largest absolute Gasteiger partial charge is 0.495 e. The van der Waals surface area contributed by atoms with Crippen LogP contribution in [0.3, 0.4) is 0 Å². The smallest absolute Gasteiger partial charge is 0.247 e. The summed E-state index contributed by atoms with van der Waals surface area (Å²) in [6, 6.07) is 12.5. The molecule has 8 nitrogen and oxygen atoms in total. The quantitative estimate of drug-likeness (QED) is 0.600. The summed E-state index contributed by atoms with van der Waals surface area (Å²) in [5, 5.41) is 10.6. The van der Waals surface area contributed by atoms with Crippen molar-refractivity contribution < 1.29 is 22.7 Å². The van der Waals surface area contributed by atoms with Crippen LogP contribution in [0.2, 0.25) is 0 Å². The van der Waals surface area contributed by atoms with Gasteiger partial charge >= 0.3 is 0 Å². The molecule has 156 valence electrons. The van der Waals surface area contributed by atoms with E-state index in [9.17, 15) is 18.0 Å². The van der Waals surface area contributed by atoms with E-state index in [1.54, 1.807) is 13.8 Å². The van der Waals surface area contributed by atoms with Crippen molar-refractivity contribution in [1.29, 1.82) is 0 Å². The summed E-state index contributed by atoms with van der Waals surface area (Å²) in [6.45, 7) is 3.60. The van der Waals surface area contributed by atoms with Gasteiger partial charge in [0, 0.05) is 5.69 Å². The monoisotopic (exact) mass is 419 g/mol. The Bertz CT molecular complexity index is 975. The molecule has 0 aliphatic rings. The van der Waals surface area contributed by atoms with Crippen LogP contribution in [0.4, 0.5) is 5.69 Å². The highest BCUT2D eigenvalue weighted by atomic mass is 32.2. The van der Waals surface area contributed by atoms with E-state index < -0.39 is 22.0 Å². The van der Waals surface area contributed by atoms with Gasteiger partial charge in [0.15, 0.2) is 0 Å². The third-order valence-corrected chi connectivity index (χ3v) is 5.14. The van der Waals surface area contributed by atoms with E-state index >= 15 is 0 Å². The lowest BCUT2D eigenvalue weighted by molar-refractivity contribution is -0.127. The molecule has 0 radical (unpaired) electrons. The van der Waals surface area contributed by atoms with Crippen LogP contribution in [0.1, 0.15) is 19.4 Å². The van der Waals surface area contributed by atoms with Gasteiger partial charge in [0.25, 0.3) is 0 Å². The predicted molar refractivity (Wildman–Crippen MR) is 110 cm³/mol. The van der Waals surface area contributed by atoms with Gasteiger partial charge in [-0.15, -0.1) is 0 Å². The molecule has 0 aliphatic carbocycles. The van der Waals surface area contributed by atoms with Crippen LogP contribution in [-0.4, -0.2) is 33.4 Å². The van der Waals surface area contributed by atoms with Crippen LogP contribution in [0.15, 0.2) is 53.4 Å². The maximum absolute atomic E-state index is 12.7. The van der Waals surface area contributed by atoms with Crippen LogP contribution >= 0.6 is 0 Å². The van der Waals surface area contributed by atoms with Crippen molar-refractivity contribution in [3.63, 3.8) is 0 Å². The van der Waals surface area contributed by atoms with Crippen molar-refractivity contribution in [1.82, 2.24) is 5.32 Å². The molecule has 0 bridgehead atoms. The van der Waals surface area contributed by atoms with Gasteiger partial charge in [0.2, 0.25) is 21.8 Å². The first kappa shape index (κ1) is 22.4. The highest BCUT2D eigenvalue weighted by Crippen LogP contribution is 2.26. The number of primary sulfonamides is 1. The number of sulfonamides is 1. The molecule has 2 aromatic rings. The molecule has 0 unspecified atom stereocenters. The zero-order valence-electron chi connectivity index (χ0n) is 16.5. The third-order valence-electron chi connectivity index (χ3n) is 4.21. The van der Waals surface area contributed by atoms with Crippen molar-refractivity contribution in [2.24, 2.45) is 11.1 Å². The Kier molecular flexibility index (Phi) is 7.35. The molecular formula is C20H25N3O5S. The first-order chi connectivity index (χ1) is 13.6. The van der Waals surface area contributed by atoms with E-state index in [1.807, 2.05) is 30.3 Å². The molecule has 2 aromatic carbocycles. The highest BCUT2D eigenvalue weighted by Gasteiger charge is 2.25. The standard InChI is InChI=1S/C20H25N3O5S/c1-13(2)19(23-18(24)11-14-7-5-4-6-8-14)20(25)22-15-9-10-16(28-3)17(12-15)29(21,26)27/h4-10,12-13,19H,11H2,1-3H3,(H,22,25)(H,23,24)(H2,21,26,27)/t19-/m0/s1. The highest BCUT2D eigenvalue weighted by molar-refractivity contribution is 7.89. The number of hydrogen-bond acceptors (Lipinski definition) is 5. The number of ether oxygens (including phenoxy) is 1. The number of nitrogens with two attached hydrogens (primary N) is 1. The minimum Gasteiger partial charge on any atom is -0.495 e. The second-order valence-corrected chi connectivity index (χ2v) is 8.38. The lowest BCUT2D eigenvalue weighted by atomic mass is 10.0. The van der Waals surface area contributed by atoms with Crippen molar-refractivity contribution in [2.75, 3.05) is 12.4 Å². The van der Waals surface area contributed by atoms with Crippen LogP contribution in [0.5, 0.6) is 5.75 Å². The number of benzene rings is 2. The minimum atomic E-state index is -4.04. The minimum absolute atomic E-state index is 0.0714. The molecule has 0 fully saturated rings. The molecule has 1 atom stereocenters. The summed E-state index contributed by atoms with van der Waals surface area (Å²) in [7, 11) is -2.72. The van der Waals surface area contributed by atoms with Crippen LogP contribution in [-0.2, 0) is 26.0 Å². The zero-order valence-corrected chi connectivity index (χ0v) is 17.3. The second kappa shape index (κ2) is 9.53. The van der Waals surface area contributed by atoms with E-state index in [0.717, 1.165) is 5.56 Å². The molecule has 0 aliphatic heterocycles. The summed E-state index contributed by atoms with van der Waals surface area (Å²) >= 11 is 0. The van der Waals surface area contributed by atoms with Crippen molar-refractivity contribution >= 4 is 27.5 Å². The Labute approximate surface area is 170 Å². The second-order valence-electron chi connectivity index (χ2n) is 6.85. The SMILES string of the molecule is COc1ccc(NC(=O)[C@@H](NC(=O)Cc2ccccc2)C(C)C)cc1S(N)(=O)=O. The number of amides is 2. The van der Waals surface area contributed by atoms with E-state index in [1.165, 1.54) is 25.3 Å². The molecular weight excluding hydrogens is 394 g/mol. The number of carbonyl (C=O) groups is 2. The Morgan fingerprint density at radius 2 is 1.76 bits per heavy atom. The number of hydrogen-bond donors (Lipinski definition) is 3. The van der Waals surface area contributed by atoms with E-state index in [2.05, 4.69) is 10.6 Å².